The molecular weight excluding hydrogens is 452 g/mol. The number of carbonyl (C=O) groups excluding carboxylic acids is 1. The fraction of sp³-hybridized carbons (Fsp3) is 0.520. The monoisotopic (exact) mass is 488 g/mol. The van der Waals surface area contributed by atoms with Gasteiger partial charge in [-0.15, -0.1) is 0 Å². The Balaban J connectivity index is 1.80. The minimum atomic E-state index is -3.87. The molecule has 2 aromatic rings. The molecule has 1 amide bonds. The molecule has 186 valence electrons. The van der Waals surface area contributed by atoms with Gasteiger partial charge in [-0.2, -0.15) is 4.31 Å². The number of carbonyl (C=O) groups is 1. The van der Waals surface area contributed by atoms with E-state index in [1.165, 1.54) is 4.31 Å². The first kappa shape index (κ1) is 26.1. The first-order valence-electron chi connectivity index (χ1n) is 11.8. The van der Waals surface area contributed by atoms with Crippen LogP contribution < -0.4 is 0 Å². The third-order valence-corrected chi connectivity index (χ3v) is 8.20. The smallest absolute Gasteiger partial charge is 0.248 e. The van der Waals surface area contributed by atoms with E-state index in [0.717, 1.165) is 17.7 Å². The number of hydrogen-bond acceptors (Lipinski definition) is 6. The summed E-state index contributed by atoms with van der Waals surface area (Å²) in [5.41, 5.74) is 2.40. The quantitative estimate of drug-likeness (QED) is 0.538. The van der Waals surface area contributed by atoms with Crippen molar-refractivity contribution in [3.05, 3.63) is 46.8 Å². The lowest BCUT2D eigenvalue weighted by Crippen LogP contribution is -2.48. The molecule has 1 unspecified atom stereocenters. The highest BCUT2D eigenvalue weighted by atomic mass is 32.2. The zero-order chi connectivity index (χ0) is 24.9. The van der Waals surface area contributed by atoms with Crippen LogP contribution in [0.15, 0.2) is 33.7 Å². The molecule has 1 saturated heterocycles. The van der Waals surface area contributed by atoms with Crippen LogP contribution in [0.1, 0.15) is 42.3 Å². The fourth-order valence-electron chi connectivity index (χ4n) is 4.14. The topological polar surface area (TPSA) is 87.0 Å². The molecule has 0 N–H and O–H groups in total. The number of piperidine rings is 1. The summed E-state index contributed by atoms with van der Waals surface area (Å²) >= 11 is 0. The van der Waals surface area contributed by atoms with Crippen LogP contribution in [0.5, 0.6) is 0 Å². The van der Waals surface area contributed by atoms with Crippen molar-refractivity contribution in [3.63, 3.8) is 0 Å². The van der Waals surface area contributed by atoms with Crippen LogP contribution in [-0.4, -0.2) is 80.4 Å². The summed E-state index contributed by atoms with van der Waals surface area (Å²) in [5, 5.41) is 3.93. The molecule has 1 aliphatic rings. The minimum Gasteiger partial charge on any atom is -0.355 e. The second kappa shape index (κ2) is 11.3. The highest BCUT2D eigenvalue weighted by molar-refractivity contribution is 7.89. The van der Waals surface area contributed by atoms with E-state index in [1.54, 1.807) is 13.0 Å². The van der Waals surface area contributed by atoms with Gasteiger partial charge in [0.1, 0.15) is 5.69 Å². The molecule has 8 nitrogen and oxygen atoms in total. The van der Waals surface area contributed by atoms with Gasteiger partial charge in [0.05, 0.1) is 5.92 Å². The number of hydrogen-bond donors (Lipinski definition) is 0. The third-order valence-electron chi connectivity index (χ3n) is 6.18. The Morgan fingerprint density at radius 3 is 2.53 bits per heavy atom. The van der Waals surface area contributed by atoms with Crippen LogP contribution >= 0.6 is 0 Å². The molecule has 2 heterocycles. The van der Waals surface area contributed by atoms with E-state index in [9.17, 15) is 13.2 Å². The van der Waals surface area contributed by atoms with Gasteiger partial charge in [0.15, 0.2) is 10.7 Å². The molecular formula is C25H36N4O4S. The molecule has 34 heavy (non-hydrogen) atoms. The van der Waals surface area contributed by atoms with Crippen molar-refractivity contribution in [1.29, 1.82) is 0 Å². The summed E-state index contributed by atoms with van der Waals surface area (Å²) in [6.07, 6.45) is 4.78. The largest absolute Gasteiger partial charge is 0.355 e. The van der Waals surface area contributed by atoms with Gasteiger partial charge < -0.3 is 14.3 Å². The second-order valence-electron chi connectivity index (χ2n) is 9.13. The number of benzene rings is 1. The fourth-order valence-corrected chi connectivity index (χ4v) is 5.92. The van der Waals surface area contributed by atoms with Crippen molar-refractivity contribution < 1.29 is 17.7 Å². The van der Waals surface area contributed by atoms with Gasteiger partial charge >= 0.3 is 0 Å². The molecule has 3 rings (SSSR count). The third kappa shape index (κ3) is 6.14. The van der Waals surface area contributed by atoms with Crippen molar-refractivity contribution in [2.45, 2.75) is 38.5 Å². The van der Waals surface area contributed by atoms with E-state index in [1.807, 2.05) is 68.1 Å². The van der Waals surface area contributed by atoms with Crippen LogP contribution in [-0.2, 0) is 14.8 Å². The minimum absolute atomic E-state index is 0.0192. The van der Waals surface area contributed by atoms with E-state index < -0.39 is 10.0 Å². The number of amides is 1. The summed E-state index contributed by atoms with van der Waals surface area (Å²) < 4.78 is 34.1. The van der Waals surface area contributed by atoms with Crippen LogP contribution in [0, 0.1) is 19.8 Å². The van der Waals surface area contributed by atoms with Crippen molar-refractivity contribution in [2.24, 2.45) is 5.92 Å². The molecule has 0 saturated carbocycles. The summed E-state index contributed by atoms with van der Waals surface area (Å²) in [5.74, 6) is -0.129. The summed E-state index contributed by atoms with van der Waals surface area (Å²) in [6, 6.07) is 7.90. The lowest BCUT2D eigenvalue weighted by Gasteiger charge is -2.34. The molecule has 0 spiro atoms. The number of likely N-dealkylation sites (N-methyl/N-ethyl adjacent to an activating group) is 2. The number of aryl methyl sites for hydroxylation is 2. The van der Waals surface area contributed by atoms with Gasteiger partial charge in [-0.3, -0.25) is 4.79 Å². The van der Waals surface area contributed by atoms with E-state index in [0.29, 0.717) is 38.2 Å². The second-order valence-corrected chi connectivity index (χ2v) is 11.0. The Kier molecular flexibility index (Phi) is 8.67. The van der Waals surface area contributed by atoms with Crippen LogP contribution in [0.4, 0.5) is 0 Å². The lowest BCUT2D eigenvalue weighted by molar-refractivity contribution is -0.136. The first-order chi connectivity index (χ1) is 16.1. The number of aromatic nitrogens is 1. The van der Waals surface area contributed by atoms with Gasteiger partial charge in [-0.25, -0.2) is 8.42 Å². The van der Waals surface area contributed by atoms with E-state index in [4.69, 9.17) is 4.52 Å². The zero-order valence-electron chi connectivity index (χ0n) is 20.8. The first-order valence-corrected chi connectivity index (χ1v) is 13.2. The average molecular weight is 489 g/mol. The number of rotatable bonds is 9. The number of sulfonamides is 1. The maximum absolute atomic E-state index is 13.6. The van der Waals surface area contributed by atoms with E-state index >= 15 is 0 Å². The van der Waals surface area contributed by atoms with E-state index in [2.05, 4.69) is 5.16 Å². The summed E-state index contributed by atoms with van der Waals surface area (Å²) in [4.78, 5) is 17.1. The van der Waals surface area contributed by atoms with Crippen LogP contribution in [0.25, 0.3) is 12.2 Å². The van der Waals surface area contributed by atoms with E-state index in [-0.39, 0.29) is 29.0 Å². The Bertz CT molecular complexity index is 1110. The highest BCUT2D eigenvalue weighted by Crippen LogP contribution is 2.30. The molecule has 0 aliphatic carbocycles. The van der Waals surface area contributed by atoms with Gasteiger partial charge in [-0.1, -0.05) is 41.1 Å². The van der Waals surface area contributed by atoms with Gasteiger partial charge in [-0.05, 0) is 59.3 Å². The van der Waals surface area contributed by atoms with Crippen molar-refractivity contribution >= 4 is 28.1 Å². The summed E-state index contributed by atoms with van der Waals surface area (Å²) in [6.45, 7) is 8.15. The molecule has 0 radical (unpaired) electrons. The van der Waals surface area contributed by atoms with Crippen molar-refractivity contribution in [1.82, 2.24) is 19.3 Å². The predicted molar refractivity (Wildman–Crippen MR) is 134 cm³/mol. The Labute approximate surface area is 203 Å². The highest BCUT2D eigenvalue weighted by Gasteiger charge is 2.37. The van der Waals surface area contributed by atoms with Crippen molar-refractivity contribution in [2.75, 3.05) is 46.8 Å². The maximum atomic E-state index is 13.6. The number of nitrogens with zero attached hydrogens (tertiary/aromatic N) is 4. The molecule has 1 aromatic heterocycles. The molecule has 9 heteroatoms. The zero-order valence-corrected chi connectivity index (χ0v) is 21.6. The lowest BCUT2D eigenvalue weighted by atomic mass is 9.98. The molecule has 1 aliphatic heterocycles. The van der Waals surface area contributed by atoms with Gasteiger partial charge in [0.25, 0.3) is 0 Å². The van der Waals surface area contributed by atoms with Gasteiger partial charge in [0, 0.05) is 32.7 Å². The Morgan fingerprint density at radius 2 is 1.88 bits per heavy atom. The normalized spacial score (nSPS) is 17.5. The molecule has 1 fully saturated rings. The van der Waals surface area contributed by atoms with Gasteiger partial charge in [0.2, 0.25) is 15.9 Å². The van der Waals surface area contributed by atoms with Crippen LogP contribution in [0.2, 0.25) is 0 Å². The summed E-state index contributed by atoms with van der Waals surface area (Å²) in [7, 11) is 0.0744. The predicted octanol–water partition coefficient (Wildman–Crippen LogP) is 3.27. The Hall–Kier alpha value is -2.49. The molecule has 1 atom stereocenters. The Morgan fingerprint density at radius 1 is 1.18 bits per heavy atom. The van der Waals surface area contributed by atoms with Crippen molar-refractivity contribution in [3.8, 4) is 0 Å². The SMILES string of the molecule is CCN(CCN(C)C)C(=O)C1CCCN(S(=O)(=O)c2c(C)noc2C=Cc2ccc(C)cc2)C1. The van der Waals surface area contributed by atoms with Crippen LogP contribution in [0.3, 0.4) is 0 Å². The maximum Gasteiger partial charge on any atom is 0.248 e. The molecule has 0 bridgehead atoms. The standard InChI is InChI=1S/C25H36N4O4S/c1-6-28(17-16-27(4)5)25(30)22-8-7-15-29(18-22)34(31,32)24-20(3)26-33-23(24)14-13-21-11-9-19(2)10-12-21/h9-14,22H,6-8,15-18H2,1-5H3. The average Bonchev–Trinajstić information content (AvgIpc) is 3.20. The molecule has 1 aromatic carbocycles.